The molecule has 1 aromatic heterocycles. The third kappa shape index (κ3) is 3.33. The molecule has 1 aromatic carbocycles. The molecule has 22 heavy (non-hydrogen) atoms. The number of aromatic nitrogens is 1. The maximum Gasteiger partial charge on any atom is 0.387 e. The number of alkyl halides is 2. The molecule has 0 fully saturated rings. The number of hydrogen-bond acceptors (Lipinski definition) is 4. The van der Waals surface area contributed by atoms with Crippen molar-refractivity contribution < 1.29 is 26.7 Å². The van der Waals surface area contributed by atoms with E-state index in [1.807, 2.05) is 0 Å². The van der Waals surface area contributed by atoms with E-state index in [1.165, 1.54) is 49.4 Å². The van der Waals surface area contributed by atoms with E-state index in [0.29, 0.717) is 0 Å². The van der Waals surface area contributed by atoms with Crippen LogP contribution >= 0.6 is 0 Å². The molecule has 0 amide bonds. The molecule has 0 aliphatic heterocycles. The van der Waals surface area contributed by atoms with Gasteiger partial charge in [0.25, 0.3) is 0 Å². The summed E-state index contributed by atoms with van der Waals surface area (Å²) in [5.41, 5.74) is 0.252. The van der Waals surface area contributed by atoms with Gasteiger partial charge in [0.15, 0.2) is 6.20 Å². The second-order valence-electron chi connectivity index (χ2n) is 4.50. The highest BCUT2D eigenvalue weighted by Gasteiger charge is 2.31. The van der Waals surface area contributed by atoms with Crippen LogP contribution in [0.5, 0.6) is 5.75 Å². The summed E-state index contributed by atoms with van der Waals surface area (Å²) in [6.07, 6.45) is 1.08. The van der Waals surface area contributed by atoms with Crippen LogP contribution < -0.4 is 9.47 Å². The van der Waals surface area contributed by atoms with E-state index in [9.17, 15) is 22.4 Å². The van der Waals surface area contributed by atoms with Gasteiger partial charge in [0.2, 0.25) is 9.84 Å². The van der Waals surface area contributed by atoms with Crippen molar-refractivity contribution in [3.63, 3.8) is 0 Å². The standard InChI is InChI=1S/C14H13F2NO4S/c1-10(11-5-4-6-12(9-11)21-14(15)16)22(19,20)13-7-2-3-8-17(13)18/h2-10,14H,1H3. The van der Waals surface area contributed by atoms with Crippen LogP contribution in [0.15, 0.2) is 53.7 Å². The first kappa shape index (κ1) is 16.2. The van der Waals surface area contributed by atoms with Crippen molar-refractivity contribution in [1.82, 2.24) is 0 Å². The zero-order valence-electron chi connectivity index (χ0n) is 11.5. The van der Waals surface area contributed by atoms with Gasteiger partial charge in [-0.2, -0.15) is 13.5 Å². The Labute approximate surface area is 126 Å². The molecule has 0 radical (unpaired) electrons. The normalized spacial score (nSPS) is 13.1. The first-order chi connectivity index (χ1) is 10.3. The van der Waals surface area contributed by atoms with Crippen LogP contribution in [0.1, 0.15) is 17.7 Å². The summed E-state index contributed by atoms with van der Waals surface area (Å²) in [5, 5.41) is 10.1. The molecule has 1 heterocycles. The van der Waals surface area contributed by atoms with Crippen LogP contribution in [0.25, 0.3) is 0 Å². The van der Waals surface area contributed by atoms with E-state index < -0.39 is 26.7 Å². The van der Waals surface area contributed by atoms with E-state index in [1.54, 1.807) is 0 Å². The van der Waals surface area contributed by atoms with Crippen LogP contribution in [0, 0.1) is 5.21 Å². The van der Waals surface area contributed by atoms with E-state index in [4.69, 9.17) is 0 Å². The molecule has 0 saturated heterocycles. The number of halogens is 2. The summed E-state index contributed by atoms with van der Waals surface area (Å²) in [5.74, 6) is -0.141. The number of rotatable bonds is 5. The lowest BCUT2D eigenvalue weighted by molar-refractivity contribution is -0.646. The monoisotopic (exact) mass is 329 g/mol. The number of hydrogen-bond donors (Lipinski definition) is 0. The molecular formula is C14H13F2NO4S. The van der Waals surface area contributed by atoms with Crippen LogP contribution in [-0.2, 0) is 9.84 Å². The van der Waals surface area contributed by atoms with Crippen molar-refractivity contribution in [1.29, 1.82) is 0 Å². The molecule has 5 nitrogen and oxygen atoms in total. The smallest absolute Gasteiger partial charge is 0.387 e. The van der Waals surface area contributed by atoms with Crippen molar-refractivity contribution in [2.75, 3.05) is 0 Å². The molecule has 8 heteroatoms. The summed E-state index contributed by atoms with van der Waals surface area (Å²) in [7, 11) is -3.96. The van der Waals surface area contributed by atoms with E-state index >= 15 is 0 Å². The average molecular weight is 329 g/mol. The van der Waals surface area contributed by atoms with E-state index in [0.717, 1.165) is 6.20 Å². The van der Waals surface area contributed by atoms with Gasteiger partial charge in [-0.15, -0.1) is 0 Å². The van der Waals surface area contributed by atoms with E-state index in [2.05, 4.69) is 4.74 Å². The molecule has 1 atom stereocenters. The number of nitrogens with zero attached hydrogens (tertiary/aromatic N) is 1. The van der Waals surface area contributed by atoms with Crippen LogP contribution in [-0.4, -0.2) is 15.0 Å². The van der Waals surface area contributed by atoms with Gasteiger partial charge in [0.1, 0.15) is 5.75 Å². The first-order valence-electron chi connectivity index (χ1n) is 6.29. The second kappa shape index (κ2) is 6.27. The Kier molecular flexibility index (Phi) is 4.60. The van der Waals surface area contributed by atoms with Crippen LogP contribution in [0.2, 0.25) is 0 Å². The van der Waals surface area contributed by atoms with Crippen molar-refractivity contribution in [2.45, 2.75) is 23.8 Å². The summed E-state index contributed by atoms with van der Waals surface area (Å²) in [6.45, 7) is -1.62. The lowest BCUT2D eigenvalue weighted by atomic mass is 10.1. The zero-order chi connectivity index (χ0) is 16.3. The highest BCUT2D eigenvalue weighted by Crippen LogP contribution is 2.29. The number of sulfone groups is 1. The van der Waals surface area contributed by atoms with Gasteiger partial charge in [-0.25, -0.2) is 8.42 Å². The molecule has 0 aliphatic carbocycles. The Morgan fingerprint density at radius 3 is 2.55 bits per heavy atom. The molecular weight excluding hydrogens is 316 g/mol. The molecule has 2 aromatic rings. The number of benzene rings is 1. The highest BCUT2D eigenvalue weighted by atomic mass is 32.2. The molecule has 0 N–H and O–H groups in total. The average Bonchev–Trinajstić information content (AvgIpc) is 2.46. The largest absolute Gasteiger partial charge is 0.618 e. The summed E-state index contributed by atoms with van der Waals surface area (Å²) >= 11 is 0. The lowest BCUT2D eigenvalue weighted by Gasteiger charge is -2.14. The maximum absolute atomic E-state index is 12.5. The number of ether oxygens (including phenoxy) is 1. The lowest BCUT2D eigenvalue weighted by Crippen LogP contribution is -2.34. The first-order valence-corrected chi connectivity index (χ1v) is 7.84. The van der Waals surface area contributed by atoms with Crippen molar-refractivity contribution in [3.8, 4) is 5.75 Å². The molecule has 0 bridgehead atoms. The molecule has 118 valence electrons. The van der Waals surface area contributed by atoms with Gasteiger partial charge in [-0.05, 0) is 30.7 Å². The minimum Gasteiger partial charge on any atom is -0.618 e. The highest BCUT2D eigenvalue weighted by molar-refractivity contribution is 7.91. The Bertz CT molecular complexity index is 765. The molecule has 0 aliphatic rings. The third-order valence-electron chi connectivity index (χ3n) is 3.10. The zero-order valence-corrected chi connectivity index (χ0v) is 12.3. The minimum atomic E-state index is -3.96. The minimum absolute atomic E-state index is 0.141. The van der Waals surface area contributed by atoms with Gasteiger partial charge in [-0.1, -0.05) is 12.1 Å². The maximum atomic E-state index is 12.5. The topological polar surface area (TPSA) is 70.3 Å². The molecule has 1 unspecified atom stereocenters. The van der Waals surface area contributed by atoms with Crippen molar-refractivity contribution in [2.24, 2.45) is 0 Å². The second-order valence-corrected chi connectivity index (χ2v) is 6.72. The van der Waals surface area contributed by atoms with Gasteiger partial charge >= 0.3 is 11.6 Å². The van der Waals surface area contributed by atoms with Crippen LogP contribution in [0.4, 0.5) is 8.78 Å². The third-order valence-corrected chi connectivity index (χ3v) is 5.20. The fourth-order valence-corrected chi connectivity index (χ4v) is 3.38. The van der Waals surface area contributed by atoms with Crippen molar-refractivity contribution >= 4 is 9.84 Å². The Balaban J connectivity index is 2.39. The predicted molar refractivity (Wildman–Crippen MR) is 74.1 cm³/mol. The molecule has 0 saturated carbocycles. The molecule has 0 spiro atoms. The quantitative estimate of drug-likeness (QED) is 0.624. The van der Waals surface area contributed by atoms with Gasteiger partial charge in [-0.3, -0.25) is 0 Å². The Morgan fingerprint density at radius 2 is 1.91 bits per heavy atom. The van der Waals surface area contributed by atoms with E-state index in [-0.39, 0.29) is 16.0 Å². The fraction of sp³-hybridized carbons (Fsp3) is 0.214. The Hall–Kier alpha value is -2.22. The van der Waals surface area contributed by atoms with Gasteiger partial charge in [0.05, 0.1) is 5.25 Å². The van der Waals surface area contributed by atoms with Gasteiger partial charge in [0, 0.05) is 12.1 Å². The Morgan fingerprint density at radius 1 is 1.18 bits per heavy atom. The predicted octanol–water partition coefficient (Wildman–Crippen LogP) is 2.46. The molecule has 2 rings (SSSR count). The number of pyridine rings is 1. The summed E-state index contributed by atoms with van der Waals surface area (Å²) < 4.78 is 53.9. The van der Waals surface area contributed by atoms with Crippen LogP contribution in [0.3, 0.4) is 0 Å². The summed E-state index contributed by atoms with van der Waals surface area (Å²) in [4.78, 5) is 0. The SMILES string of the molecule is CC(c1cccc(OC(F)F)c1)S(=O)(=O)c1cccc[n+]1[O-]. The van der Waals surface area contributed by atoms with Gasteiger partial charge < -0.3 is 9.94 Å². The van der Waals surface area contributed by atoms with Crippen molar-refractivity contribution in [3.05, 3.63) is 59.4 Å². The summed E-state index contributed by atoms with van der Waals surface area (Å²) in [6, 6.07) is 9.43. The fourth-order valence-electron chi connectivity index (χ4n) is 1.94.